The van der Waals surface area contributed by atoms with E-state index < -0.39 is 12.0 Å². The van der Waals surface area contributed by atoms with Crippen molar-refractivity contribution in [1.29, 1.82) is 5.26 Å². The summed E-state index contributed by atoms with van der Waals surface area (Å²) in [4.78, 5) is 10.8. The van der Waals surface area contributed by atoms with Crippen LogP contribution in [0.3, 0.4) is 0 Å². The molecule has 5 nitrogen and oxygen atoms in total. The van der Waals surface area contributed by atoms with Gasteiger partial charge in [0, 0.05) is 12.1 Å². The summed E-state index contributed by atoms with van der Waals surface area (Å²) in [7, 11) is 1.57. The summed E-state index contributed by atoms with van der Waals surface area (Å²) in [5, 5.41) is 21.4. The van der Waals surface area contributed by atoms with Crippen molar-refractivity contribution < 1.29 is 14.6 Å². The fourth-order valence-electron chi connectivity index (χ4n) is 2.12. The third-order valence-electron chi connectivity index (χ3n) is 3.29. The predicted molar refractivity (Wildman–Crippen MR) is 81.6 cm³/mol. The minimum atomic E-state index is -0.955. The zero-order valence-corrected chi connectivity index (χ0v) is 12.1. The third kappa shape index (κ3) is 3.62. The van der Waals surface area contributed by atoms with E-state index in [9.17, 15) is 10.1 Å². The van der Waals surface area contributed by atoms with Crippen LogP contribution in [0.15, 0.2) is 48.5 Å². The number of hydrogen-bond donors (Lipinski definition) is 2. The van der Waals surface area contributed by atoms with Gasteiger partial charge in [-0.15, -0.1) is 0 Å². The van der Waals surface area contributed by atoms with Gasteiger partial charge in [0.1, 0.15) is 11.8 Å². The molecule has 22 heavy (non-hydrogen) atoms. The summed E-state index contributed by atoms with van der Waals surface area (Å²) < 4.78 is 5.27. The zero-order valence-electron chi connectivity index (χ0n) is 12.1. The van der Waals surface area contributed by atoms with E-state index in [1.165, 1.54) is 0 Å². The minimum absolute atomic E-state index is 0.241. The van der Waals surface area contributed by atoms with Gasteiger partial charge in [-0.2, -0.15) is 5.26 Å². The molecule has 0 saturated heterocycles. The lowest BCUT2D eigenvalue weighted by Crippen LogP contribution is -2.20. The van der Waals surface area contributed by atoms with Crippen molar-refractivity contribution in [2.24, 2.45) is 0 Å². The number of carboxylic acids is 1. The Hall–Kier alpha value is -2.84. The molecule has 1 unspecified atom stereocenters. The van der Waals surface area contributed by atoms with Crippen molar-refractivity contribution in [2.75, 3.05) is 7.11 Å². The van der Waals surface area contributed by atoms with E-state index in [2.05, 4.69) is 11.4 Å². The van der Waals surface area contributed by atoms with Crippen molar-refractivity contribution in [3.63, 3.8) is 0 Å². The fraction of sp³-hybridized carbons (Fsp3) is 0.176. The van der Waals surface area contributed by atoms with E-state index in [0.29, 0.717) is 12.3 Å². The number of methoxy groups -OCH3 is 1. The van der Waals surface area contributed by atoms with E-state index in [4.69, 9.17) is 9.84 Å². The number of nitrogens with one attached hydrogen (secondary N) is 1. The Labute approximate surface area is 128 Å². The van der Waals surface area contributed by atoms with Crippen LogP contribution in [-0.4, -0.2) is 18.2 Å². The van der Waals surface area contributed by atoms with Crippen molar-refractivity contribution in [1.82, 2.24) is 5.32 Å². The van der Waals surface area contributed by atoms with Gasteiger partial charge in [-0.3, -0.25) is 5.32 Å². The molecule has 2 aromatic carbocycles. The molecule has 0 heterocycles. The lowest BCUT2D eigenvalue weighted by Gasteiger charge is -2.15. The molecule has 0 aliphatic carbocycles. The number of hydrogen-bond acceptors (Lipinski definition) is 4. The number of rotatable bonds is 6. The molecule has 0 bridgehead atoms. The predicted octanol–water partition coefficient (Wildman–Crippen LogP) is 2.75. The summed E-state index contributed by atoms with van der Waals surface area (Å²) in [5.41, 5.74) is 1.92. The first kappa shape index (κ1) is 15.5. The van der Waals surface area contributed by atoms with E-state index >= 15 is 0 Å². The molecule has 0 aliphatic rings. The van der Waals surface area contributed by atoms with Gasteiger partial charge in [0.05, 0.1) is 18.7 Å². The van der Waals surface area contributed by atoms with Gasteiger partial charge in [0.15, 0.2) is 0 Å². The molecule has 0 amide bonds. The highest BCUT2D eigenvalue weighted by Gasteiger charge is 2.14. The highest BCUT2D eigenvalue weighted by atomic mass is 16.5. The number of para-hydroxylation sites is 1. The average Bonchev–Trinajstić information content (AvgIpc) is 2.56. The molecule has 1 atom stereocenters. The van der Waals surface area contributed by atoms with E-state index in [0.717, 1.165) is 11.1 Å². The molecule has 0 fully saturated rings. The standard InChI is InChI=1S/C17H16N2O3/c1-22-16-5-3-2-4-14(16)15(10-18)19-11-12-6-8-13(9-7-12)17(20)21/h2-9,15,19H,11H2,1H3,(H,20,21). The summed E-state index contributed by atoms with van der Waals surface area (Å²) in [6, 6.07) is 15.6. The molecule has 0 spiro atoms. The number of ether oxygens (including phenoxy) is 1. The highest BCUT2D eigenvalue weighted by Crippen LogP contribution is 2.24. The quantitative estimate of drug-likeness (QED) is 0.856. The normalized spacial score (nSPS) is 11.5. The summed E-state index contributed by atoms with van der Waals surface area (Å²) >= 11 is 0. The minimum Gasteiger partial charge on any atom is -0.496 e. The number of carboxylic acid groups (broad SMARTS) is 1. The fourth-order valence-corrected chi connectivity index (χ4v) is 2.12. The molecular weight excluding hydrogens is 280 g/mol. The van der Waals surface area contributed by atoms with Crippen LogP contribution in [0.5, 0.6) is 5.75 Å². The molecule has 0 saturated carbocycles. The van der Waals surface area contributed by atoms with Gasteiger partial charge in [0.25, 0.3) is 0 Å². The zero-order chi connectivity index (χ0) is 15.9. The lowest BCUT2D eigenvalue weighted by molar-refractivity contribution is 0.0697. The van der Waals surface area contributed by atoms with Gasteiger partial charge < -0.3 is 9.84 Å². The van der Waals surface area contributed by atoms with Crippen LogP contribution in [0.1, 0.15) is 27.5 Å². The van der Waals surface area contributed by atoms with Gasteiger partial charge in [-0.05, 0) is 23.8 Å². The number of carbonyl (C=O) groups is 1. The summed E-state index contributed by atoms with van der Waals surface area (Å²) in [5.74, 6) is -0.300. The Morgan fingerprint density at radius 2 is 1.95 bits per heavy atom. The van der Waals surface area contributed by atoms with Crippen LogP contribution in [0, 0.1) is 11.3 Å². The van der Waals surface area contributed by atoms with Crippen molar-refractivity contribution >= 4 is 5.97 Å². The Morgan fingerprint density at radius 3 is 2.55 bits per heavy atom. The second-order valence-electron chi connectivity index (χ2n) is 4.69. The van der Waals surface area contributed by atoms with Gasteiger partial charge >= 0.3 is 5.97 Å². The second kappa shape index (κ2) is 7.25. The topological polar surface area (TPSA) is 82.3 Å². The maximum absolute atomic E-state index is 10.8. The molecule has 2 aromatic rings. The van der Waals surface area contributed by atoms with Crippen LogP contribution < -0.4 is 10.1 Å². The molecule has 112 valence electrons. The summed E-state index contributed by atoms with van der Waals surface area (Å²) in [6.45, 7) is 0.455. The molecular formula is C17H16N2O3. The first-order valence-electron chi connectivity index (χ1n) is 6.74. The number of benzene rings is 2. The van der Waals surface area contributed by atoms with Crippen molar-refractivity contribution in [3.8, 4) is 11.8 Å². The number of nitrogens with zero attached hydrogens (tertiary/aromatic N) is 1. The van der Waals surface area contributed by atoms with Crippen LogP contribution in [-0.2, 0) is 6.54 Å². The first-order chi connectivity index (χ1) is 10.7. The maximum Gasteiger partial charge on any atom is 0.335 e. The molecule has 2 N–H and O–H groups in total. The Kier molecular flexibility index (Phi) is 5.12. The molecule has 5 heteroatoms. The molecule has 2 rings (SSSR count). The smallest absolute Gasteiger partial charge is 0.335 e. The van der Waals surface area contributed by atoms with Crippen molar-refractivity contribution in [2.45, 2.75) is 12.6 Å². The van der Waals surface area contributed by atoms with Crippen molar-refractivity contribution in [3.05, 3.63) is 65.2 Å². The van der Waals surface area contributed by atoms with E-state index in [-0.39, 0.29) is 5.56 Å². The second-order valence-corrected chi connectivity index (χ2v) is 4.69. The molecule has 0 radical (unpaired) electrons. The van der Waals surface area contributed by atoms with Gasteiger partial charge in [-0.1, -0.05) is 30.3 Å². The van der Waals surface area contributed by atoms with E-state index in [1.54, 1.807) is 31.4 Å². The number of aromatic carboxylic acids is 1. The Balaban J connectivity index is 2.08. The Bertz CT molecular complexity index is 690. The van der Waals surface area contributed by atoms with E-state index in [1.807, 2.05) is 24.3 Å². The third-order valence-corrected chi connectivity index (χ3v) is 3.29. The van der Waals surface area contributed by atoms with Crippen LogP contribution in [0.2, 0.25) is 0 Å². The first-order valence-corrected chi connectivity index (χ1v) is 6.74. The highest BCUT2D eigenvalue weighted by molar-refractivity contribution is 5.87. The molecule has 0 aliphatic heterocycles. The van der Waals surface area contributed by atoms with Crippen LogP contribution >= 0.6 is 0 Å². The largest absolute Gasteiger partial charge is 0.496 e. The molecule has 0 aromatic heterocycles. The van der Waals surface area contributed by atoms with Crippen LogP contribution in [0.25, 0.3) is 0 Å². The van der Waals surface area contributed by atoms with Crippen LogP contribution in [0.4, 0.5) is 0 Å². The number of nitriles is 1. The monoisotopic (exact) mass is 296 g/mol. The lowest BCUT2D eigenvalue weighted by atomic mass is 10.1. The average molecular weight is 296 g/mol. The summed E-state index contributed by atoms with van der Waals surface area (Å²) in [6.07, 6.45) is 0. The maximum atomic E-state index is 10.8. The van der Waals surface area contributed by atoms with Gasteiger partial charge in [-0.25, -0.2) is 4.79 Å². The Morgan fingerprint density at radius 1 is 1.27 bits per heavy atom. The SMILES string of the molecule is COc1ccccc1C(C#N)NCc1ccc(C(=O)O)cc1. The van der Waals surface area contributed by atoms with Gasteiger partial charge in [0.2, 0.25) is 0 Å².